The van der Waals surface area contributed by atoms with E-state index in [1.54, 1.807) is 44.5 Å². The minimum Gasteiger partial charge on any atom is -0.143 e. The standard InChI is InChI=1S/C100H124S13/c1-9-17-25-33-41-69-59-61-101-93(69)89-65-73(45-37-29-21-13-5)95(110-89)83-55-51-77(104-83)79-53-57-85(106-79)97-75(47-39-31-23-15-7)67-91(112-97)99-71(43-35-27-19-11-3)63-87(108-99)81-49-50-82(103-81)88-64-72(44-36-28-20-12-4)100(109-88)92-68-76(48-40-32-24-16-8)98(113-92)86-58-54-80(107-86)78-52-56-84(105-78)96-74(46-38-30-22-14-6)66-90(111-96)94-70(60-62-102-94)42-34-26-18-10-2/h49-68H,9-48H2,1-8H3. The van der Waals surface area contributed by atoms with Gasteiger partial charge in [-0.1, -0.05) is 209 Å². The van der Waals surface area contributed by atoms with Gasteiger partial charge in [0.1, 0.15) is 0 Å². The second-order valence-electron chi connectivity index (χ2n) is 31.6. The summed E-state index contributed by atoms with van der Waals surface area (Å²) in [6.45, 7) is 18.7. The van der Waals surface area contributed by atoms with E-state index in [1.807, 2.05) is 79.4 Å². The Bertz CT molecular complexity index is 4630. The van der Waals surface area contributed by atoms with Gasteiger partial charge < -0.3 is 0 Å². The zero-order valence-electron chi connectivity index (χ0n) is 69.1. The molecule has 13 aromatic heterocycles. The number of aryl methyl sites for hydroxylation is 8. The van der Waals surface area contributed by atoms with Crippen molar-refractivity contribution in [1.82, 2.24) is 0 Å². The van der Waals surface area contributed by atoms with Crippen molar-refractivity contribution >= 4 is 147 Å². The molecule has 13 heterocycles. The molecule has 13 aromatic rings. The van der Waals surface area contributed by atoms with E-state index in [0.717, 1.165) is 25.7 Å². The van der Waals surface area contributed by atoms with Crippen LogP contribution in [-0.4, -0.2) is 0 Å². The van der Waals surface area contributed by atoms with Crippen LogP contribution in [0.1, 0.15) is 305 Å². The van der Waals surface area contributed by atoms with E-state index in [9.17, 15) is 0 Å². The molecule has 0 aromatic carbocycles. The van der Waals surface area contributed by atoms with E-state index in [-0.39, 0.29) is 0 Å². The molecule has 0 bridgehead atoms. The Balaban J connectivity index is 0.780. The molecule has 0 saturated heterocycles. The summed E-state index contributed by atoms with van der Waals surface area (Å²) in [6, 6.07) is 45.2. The topological polar surface area (TPSA) is 0 Å². The van der Waals surface area contributed by atoms with Crippen molar-refractivity contribution in [1.29, 1.82) is 0 Å². The molecule has 0 radical (unpaired) electrons. The molecule has 0 spiro atoms. The highest BCUT2D eigenvalue weighted by Gasteiger charge is 2.26. The third-order valence-electron chi connectivity index (χ3n) is 22.5. The third kappa shape index (κ3) is 23.2. The maximum atomic E-state index is 2.65. The van der Waals surface area contributed by atoms with Crippen molar-refractivity contribution in [3.05, 3.63) is 164 Å². The van der Waals surface area contributed by atoms with E-state index in [0.29, 0.717) is 0 Å². The van der Waals surface area contributed by atoms with Crippen LogP contribution in [0.15, 0.2) is 120 Å². The van der Waals surface area contributed by atoms with Crippen molar-refractivity contribution < 1.29 is 0 Å². The van der Waals surface area contributed by atoms with Gasteiger partial charge in [-0.05, 0) is 267 Å². The van der Waals surface area contributed by atoms with Crippen LogP contribution in [0.2, 0.25) is 0 Å². The fourth-order valence-corrected chi connectivity index (χ4v) is 31.7. The average Bonchev–Trinajstić information content (AvgIpc) is 2.09. The molecule has 602 valence electrons. The predicted molar refractivity (Wildman–Crippen MR) is 527 cm³/mol. The third-order valence-corrected chi connectivity index (χ3v) is 39.2. The van der Waals surface area contributed by atoms with Crippen LogP contribution in [0.5, 0.6) is 0 Å². The molecule has 0 saturated carbocycles. The highest BCUT2D eigenvalue weighted by atomic mass is 32.2. The molecule has 0 aliphatic rings. The van der Waals surface area contributed by atoms with E-state index < -0.39 is 0 Å². The van der Waals surface area contributed by atoms with Crippen LogP contribution < -0.4 is 0 Å². The lowest BCUT2D eigenvalue weighted by Crippen LogP contribution is -1.86. The maximum absolute atomic E-state index is 2.65. The van der Waals surface area contributed by atoms with E-state index >= 15 is 0 Å². The fraction of sp³-hybridized carbons (Fsp3) is 0.480. The van der Waals surface area contributed by atoms with E-state index in [2.05, 4.69) is 243 Å². The summed E-state index contributed by atoms with van der Waals surface area (Å²) in [7, 11) is 0. The van der Waals surface area contributed by atoms with Gasteiger partial charge in [0.05, 0.1) is 0 Å². The number of hydrogen-bond donors (Lipinski definition) is 0. The average molecular weight is 1740 g/mol. The molecule has 13 heteroatoms. The second-order valence-corrected chi connectivity index (χ2v) is 45.2. The summed E-state index contributed by atoms with van der Waals surface area (Å²) in [5.74, 6) is 0. The zero-order chi connectivity index (χ0) is 78.1. The Morgan fingerprint density at radius 3 is 0.566 bits per heavy atom. The van der Waals surface area contributed by atoms with Crippen LogP contribution in [0.4, 0.5) is 0 Å². The van der Waals surface area contributed by atoms with Gasteiger partial charge in [-0.2, -0.15) is 0 Å². The van der Waals surface area contributed by atoms with Crippen molar-refractivity contribution in [2.75, 3.05) is 0 Å². The van der Waals surface area contributed by atoms with Crippen LogP contribution in [0, 0.1) is 0 Å². The molecule has 0 amide bonds. The predicted octanol–water partition coefficient (Wildman–Crippen LogP) is 39.5. The number of thiophene rings is 13. The zero-order valence-corrected chi connectivity index (χ0v) is 79.8. The number of rotatable bonds is 52. The first kappa shape index (κ1) is 86.9. The van der Waals surface area contributed by atoms with Crippen molar-refractivity contribution in [3.63, 3.8) is 0 Å². The fourth-order valence-electron chi connectivity index (χ4n) is 16.0. The lowest BCUT2D eigenvalue weighted by molar-refractivity contribution is 0.667. The molecule has 13 rings (SSSR count). The first-order chi connectivity index (χ1) is 55.7. The quantitative estimate of drug-likeness (QED) is 0.0333. The molecule has 0 N–H and O–H groups in total. The number of unbranched alkanes of at least 4 members (excludes halogenated alkanes) is 24. The Morgan fingerprint density at radius 2 is 0.327 bits per heavy atom. The highest BCUT2D eigenvalue weighted by Crippen LogP contribution is 2.55. The molecular formula is C100H124S13. The monoisotopic (exact) mass is 1740 g/mol. The molecule has 0 unspecified atom stereocenters. The summed E-state index contributed by atoms with van der Waals surface area (Å²) in [5, 5.41) is 4.69. The first-order valence-electron chi connectivity index (χ1n) is 44.1. The van der Waals surface area contributed by atoms with Crippen molar-refractivity contribution in [3.8, 4) is 117 Å². The largest absolute Gasteiger partial charge is 0.143 e. The molecule has 0 aliphatic carbocycles. The Morgan fingerprint density at radius 1 is 0.150 bits per heavy atom. The van der Waals surface area contributed by atoms with Crippen LogP contribution in [0.3, 0.4) is 0 Å². The Labute approximate surface area is 733 Å². The molecular weight excluding hydrogens is 1620 g/mol. The highest BCUT2D eigenvalue weighted by molar-refractivity contribution is 7.33. The number of hydrogen-bond acceptors (Lipinski definition) is 13. The summed E-state index contributed by atoms with van der Waals surface area (Å²) in [5.41, 5.74) is 12.4. The summed E-state index contributed by atoms with van der Waals surface area (Å²) in [6.07, 6.45) is 50.5. The van der Waals surface area contributed by atoms with Crippen LogP contribution >= 0.6 is 147 Å². The molecule has 113 heavy (non-hydrogen) atoms. The van der Waals surface area contributed by atoms with Gasteiger partial charge in [0.15, 0.2) is 0 Å². The summed E-state index contributed by atoms with van der Waals surface area (Å²) >= 11 is 26.5. The minimum absolute atomic E-state index is 1.14. The van der Waals surface area contributed by atoms with E-state index in [4.69, 9.17) is 0 Å². The Hall–Kier alpha value is -3.90. The molecule has 0 nitrogen and oxygen atoms in total. The summed E-state index contributed by atoms with van der Waals surface area (Å²) in [4.78, 5) is 35.1. The first-order valence-corrected chi connectivity index (χ1v) is 54.9. The molecule has 0 atom stereocenters. The molecule has 0 aliphatic heterocycles. The summed E-state index contributed by atoms with van der Waals surface area (Å²) < 4.78 is 0. The lowest BCUT2D eigenvalue weighted by Gasteiger charge is -2.02. The smallest absolute Gasteiger partial charge is 0.0481 e. The SMILES string of the molecule is CCCCCCc1ccsc1-c1cc(CCCCCC)c(-c2ccc(-c3ccc(-c4sc(-c5sc(-c6ccc(-c7cc(CCCCCC)c(-c8cc(CCCCCC)c(-c9ccc(-c%10ccc(-c%11sc(-c%12sccc%12CCCCCC)cc%11CCCCCC)s%10)s9)s8)s7)s6)cc5CCCCCC)cc4CCCCCC)s3)s2)s1. The van der Waals surface area contributed by atoms with Gasteiger partial charge in [-0.3, -0.25) is 0 Å². The van der Waals surface area contributed by atoms with Gasteiger partial charge in [-0.15, -0.1) is 147 Å². The van der Waals surface area contributed by atoms with Crippen LogP contribution in [-0.2, 0) is 51.4 Å². The van der Waals surface area contributed by atoms with Crippen molar-refractivity contribution in [2.45, 2.75) is 312 Å². The van der Waals surface area contributed by atoms with E-state index in [1.165, 1.54) is 348 Å². The van der Waals surface area contributed by atoms with Crippen molar-refractivity contribution in [2.24, 2.45) is 0 Å². The van der Waals surface area contributed by atoms with Gasteiger partial charge in [0.25, 0.3) is 0 Å². The van der Waals surface area contributed by atoms with Gasteiger partial charge in [-0.25, -0.2) is 0 Å². The van der Waals surface area contributed by atoms with Crippen LogP contribution in [0.25, 0.3) is 117 Å². The lowest BCUT2D eigenvalue weighted by atomic mass is 10.0. The van der Waals surface area contributed by atoms with Gasteiger partial charge in [0.2, 0.25) is 0 Å². The van der Waals surface area contributed by atoms with Gasteiger partial charge >= 0.3 is 0 Å². The minimum atomic E-state index is 1.14. The maximum Gasteiger partial charge on any atom is 0.0481 e. The normalized spacial score (nSPS) is 11.9. The molecule has 0 fully saturated rings. The van der Waals surface area contributed by atoms with Gasteiger partial charge in [0, 0.05) is 117 Å². The second kappa shape index (κ2) is 45.5. The Kier molecular flexibility index (Phi) is 35.0.